The molecule has 2 amide bonds. The van der Waals surface area contributed by atoms with Gasteiger partial charge in [-0.2, -0.15) is 5.10 Å². The maximum Gasteiger partial charge on any atom is 0.332 e. The van der Waals surface area contributed by atoms with Crippen molar-refractivity contribution in [3.05, 3.63) is 34.3 Å². The summed E-state index contributed by atoms with van der Waals surface area (Å²) in [5, 5.41) is 4.31. The van der Waals surface area contributed by atoms with E-state index in [1.807, 2.05) is 19.1 Å². The summed E-state index contributed by atoms with van der Waals surface area (Å²) in [4.78, 5) is 10.3. The summed E-state index contributed by atoms with van der Waals surface area (Å²) < 4.78 is 0. The van der Waals surface area contributed by atoms with Gasteiger partial charge in [0.25, 0.3) is 0 Å². The molecule has 0 aliphatic carbocycles. The quantitative estimate of drug-likeness (QED) is 0.567. The highest BCUT2D eigenvalue weighted by Crippen LogP contribution is 2.13. The van der Waals surface area contributed by atoms with Crippen molar-refractivity contribution in [2.75, 3.05) is 0 Å². The van der Waals surface area contributed by atoms with Crippen LogP contribution in [0.15, 0.2) is 23.3 Å². The molecule has 1 rings (SSSR count). The molecule has 0 fully saturated rings. The van der Waals surface area contributed by atoms with Crippen LogP contribution in [0.25, 0.3) is 0 Å². The van der Waals surface area contributed by atoms with Gasteiger partial charge in [-0.25, -0.2) is 10.2 Å². The van der Waals surface area contributed by atoms with Crippen molar-refractivity contribution in [2.45, 2.75) is 6.92 Å². The maximum atomic E-state index is 10.3. The molecular formula is C9H10ClN3O. The van der Waals surface area contributed by atoms with Gasteiger partial charge >= 0.3 is 6.03 Å². The first kappa shape index (κ1) is 10.5. The van der Waals surface area contributed by atoms with Crippen molar-refractivity contribution >= 4 is 23.8 Å². The van der Waals surface area contributed by atoms with Gasteiger partial charge in [0.05, 0.1) is 6.21 Å². The predicted molar refractivity (Wildman–Crippen MR) is 56.5 cm³/mol. The first-order chi connectivity index (χ1) is 6.59. The van der Waals surface area contributed by atoms with E-state index in [1.54, 1.807) is 6.07 Å². The number of nitrogens with two attached hydrogens (primary N) is 1. The highest BCUT2D eigenvalue weighted by molar-refractivity contribution is 6.30. The minimum Gasteiger partial charge on any atom is -0.350 e. The first-order valence-corrected chi connectivity index (χ1v) is 4.32. The fourth-order valence-corrected chi connectivity index (χ4v) is 1.18. The van der Waals surface area contributed by atoms with Gasteiger partial charge in [-0.05, 0) is 30.2 Å². The monoisotopic (exact) mass is 211 g/mol. The average molecular weight is 212 g/mol. The number of rotatable bonds is 2. The second-order valence-electron chi connectivity index (χ2n) is 2.74. The van der Waals surface area contributed by atoms with E-state index in [2.05, 4.69) is 10.5 Å². The van der Waals surface area contributed by atoms with E-state index < -0.39 is 6.03 Å². The van der Waals surface area contributed by atoms with Gasteiger partial charge in [-0.1, -0.05) is 17.7 Å². The molecule has 0 bridgehead atoms. The number of urea groups is 1. The lowest BCUT2D eigenvalue weighted by molar-refractivity contribution is 0.249. The van der Waals surface area contributed by atoms with Crippen LogP contribution in [-0.2, 0) is 0 Å². The molecule has 0 radical (unpaired) electrons. The van der Waals surface area contributed by atoms with Crippen LogP contribution in [0.4, 0.5) is 4.79 Å². The van der Waals surface area contributed by atoms with Crippen molar-refractivity contribution in [2.24, 2.45) is 10.8 Å². The molecule has 0 atom stereocenters. The minimum atomic E-state index is -0.687. The third-order valence-electron chi connectivity index (χ3n) is 1.61. The molecule has 1 aromatic rings. The molecule has 74 valence electrons. The summed E-state index contributed by atoms with van der Waals surface area (Å²) >= 11 is 5.77. The standard InChI is InChI=1S/C9H10ClN3O/c1-6-4-8(10)3-2-7(6)5-12-13-9(11)14/h2-5H,1H3,(H3,11,13,14)/b12-5+. The van der Waals surface area contributed by atoms with Crippen molar-refractivity contribution in [1.29, 1.82) is 0 Å². The number of nitrogens with one attached hydrogen (secondary N) is 1. The largest absolute Gasteiger partial charge is 0.350 e. The number of amides is 2. The van der Waals surface area contributed by atoms with Crippen LogP contribution in [0.5, 0.6) is 0 Å². The van der Waals surface area contributed by atoms with Gasteiger partial charge in [-0.3, -0.25) is 0 Å². The molecule has 0 aromatic heterocycles. The highest BCUT2D eigenvalue weighted by Gasteiger charge is 1.95. The topological polar surface area (TPSA) is 67.5 Å². The lowest BCUT2D eigenvalue weighted by atomic mass is 10.1. The zero-order valence-corrected chi connectivity index (χ0v) is 8.38. The summed E-state index contributed by atoms with van der Waals surface area (Å²) in [5.74, 6) is 0. The average Bonchev–Trinajstić information content (AvgIpc) is 2.08. The van der Waals surface area contributed by atoms with Crippen LogP contribution in [0.1, 0.15) is 11.1 Å². The first-order valence-electron chi connectivity index (χ1n) is 3.94. The van der Waals surface area contributed by atoms with E-state index in [1.165, 1.54) is 6.21 Å². The van der Waals surface area contributed by atoms with Gasteiger partial charge in [0.2, 0.25) is 0 Å². The molecule has 0 aliphatic rings. The van der Waals surface area contributed by atoms with Crippen molar-refractivity contribution < 1.29 is 4.79 Å². The minimum absolute atomic E-state index is 0.669. The SMILES string of the molecule is Cc1cc(Cl)ccc1/C=N/NC(N)=O. The van der Waals surface area contributed by atoms with Gasteiger partial charge in [0.15, 0.2) is 0 Å². The summed E-state index contributed by atoms with van der Waals surface area (Å²) in [6.45, 7) is 1.90. The predicted octanol–water partition coefficient (Wildman–Crippen LogP) is 1.65. The summed E-state index contributed by atoms with van der Waals surface area (Å²) in [6, 6.07) is 4.69. The summed E-state index contributed by atoms with van der Waals surface area (Å²) in [7, 11) is 0. The number of aryl methyl sites for hydroxylation is 1. The Bertz CT molecular complexity index is 376. The van der Waals surface area contributed by atoms with Crippen LogP contribution in [0, 0.1) is 6.92 Å². The second-order valence-corrected chi connectivity index (χ2v) is 3.17. The number of carbonyl (C=O) groups is 1. The number of carbonyl (C=O) groups excluding carboxylic acids is 1. The molecule has 5 heteroatoms. The van der Waals surface area contributed by atoms with Gasteiger partial charge < -0.3 is 5.73 Å². The Kier molecular flexibility index (Phi) is 3.48. The zero-order valence-electron chi connectivity index (χ0n) is 7.62. The molecule has 3 N–H and O–H groups in total. The van der Waals surface area contributed by atoms with Crippen molar-refractivity contribution in [3.8, 4) is 0 Å². The van der Waals surface area contributed by atoms with Crippen molar-refractivity contribution in [1.82, 2.24) is 5.43 Å². The van der Waals surface area contributed by atoms with Gasteiger partial charge in [0.1, 0.15) is 0 Å². The van der Waals surface area contributed by atoms with Crippen LogP contribution < -0.4 is 11.2 Å². The Labute approximate surface area is 86.7 Å². The molecule has 1 aromatic carbocycles. The summed E-state index contributed by atoms with van der Waals surface area (Å²) in [6.07, 6.45) is 1.51. The smallest absolute Gasteiger partial charge is 0.332 e. The van der Waals surface area contributed by atoms with E-state index in [-0.39, 0.29) is 0 Å². The molecular weight excluding hydrogens is 202 g/mol. The number of nitrogens with zero attached hydrogens (tertiary/aromatic N) is 1. The van der Waals surface area contributed by atoms with E-state index in [4.69, 9.17) is 17.3 Å². The van der Waals surface area contributed by atoms with Crippen LogP contribution in [0.3, 0.4) is 0 Å². The maximum absolute atomic E-state index is 10.3. The number of hydrogen-bond donors (Lipinski definition) is 2. The van der Waals surface area contributed by atoms with Crippen molar-refractivity contribution in [3.63, 3.8) is 0 Å². The highest BCUT2D eigenvalue weighted by atomic mass is 35.5. The Morgan fingerprint density at radius 3 is 2.93 bits per heavy atom. The number of primary amides is 1. The molecule has 0 saturated carbocycles. The molecule has 0 heterocycles. The van der Waals surface area contributed by atoms with Gasteiger partial charge in [0, 0.05) is 5.02 Å². The molecule has 0 spiro atoms. The third-order valence-corrected chi connectivity index (χ3v) is 1.85. The molecule has 0 unspecified atom stereocenters. The lowest BCUT2D eigenvalue weighted by Gasteiger charge is -1.99. The third kappa shape index (κ3) is 3.06. The number of benzene rings is 1. The van der Waals surface area contributed by atoms with E-state index in [0.717, 1.165) is 11.1 Å². The zero-order chi connectivity index (χ0) is 10.6. The van der Waals surface area contributed by atoms with Crippen LogP contribution >= 0.6 is 11.6 Å². The van der Waals surface area contributed by atoms with E-state index in [0.29, 0.717) is 5.02 Å². The van der Waals surface area contributed by atoms with Crippen LogP contribution in [-0.4, -0.2) is 12.2 Å². The van der Waals surface area contributed by atoms with Crippen LogP contribution in [0.2, 0.25) is 5.02 Å². The normalized spacial score (nSPS) is 10.4. The summed E-state index contributed by atoms with van der Waals surface area (Å²) in [5.41, 5.74) is 8.80. The second kappa shape index (κ2) is 4.62. The lowest BCUT2D eigenvalue weighted by Crippen LogP contribution is -2.24. The Balaban J connectivity index is 2.76. The van der Waals surface area contributed by atoms with Gasteiger partial charge in [-0.15, -0.1) is 0 Å². The molecule has 0 saturated heterocycles. The number of hydrazone groups is 1. The fourth-order valence-electron chi connectivity index (χ4n) is 0.949. The fraction of sp³-hybridized carbons (Fsp3) is 0.111. The molecule has 14 heavy (non-hydrogen) atoms. The Morgan fingerprint density at radius 1 is 1.64 bits per heavy atom. The molecule has 0 aliphatic heterocycles. The molecule has 4 nitrogen and oxygen atoms in total. The van der Waals surface area contributed by atoms with E-state index in [9.17, 15) is 4.79 Å². The number of hydrogen-bond acceptors (Lipinski definition) is 2. The number of halogens is 1. The van der Waals surface area contributed by atoms with E-state index >= 15 is 0 Å². The Hall–Kier alpha value is -1.55. The Morgan fingerprint density at radius 2 is 2.36 bits per heavy atom.